The number of piperidine rings is 1. The molecule has 4 rings (SSSR count). The number of aromatic nitrogens is 3. The summed E-state index contributed by atoms with van der Waals surface area (Å²) in [6, 6.07) is 4.31. The van der Waals surface area contributed by atoms with Crippen molar-refractivity contribution in [3.63, 3.8) is 0 Å². The van der Waals surface area contributed by atoms with Crippen molar-refractivity contribution in [2.24, 2.45) is 5.92 Å². The SMILES string of the molecule is Brc1ccc(-c2nc(N3CC4CCCNC4C3)n[nH]2)o1. The molecule has 106 valence electrons. The molecule has 2 aromatic rings. The minimum atomic E-state index is 0.587. The first-order valence-corrected chi connectivity index (χ1v) is 7.75. The molecule has 2 N–H and O–H groups in total. The Morgan fingerprint density at radius 3 is 3.10 bits per heavy atom. The summed E-state index contributed by atoms with van der Waals surface area (Å²) in [5.41, 5.74) is 0. The number of aromatic amines is 1. The molecule has 2 saturated heterocycles. The van der Waals surface area contributed by atoms with E-state index in [0.717, 1.165) is 31.5 Å². The largest absolute Gasteiger partial charge is 0.446 e. The zero-order valence-corrected chi connectivity index (χ0v) is 12.6. The van der Waals surface area contributed by atoms with Gasteiger partial charge in [-0.05, 0) is 53.4 Å². The molecule has 2 atom stereocenters. The molecule has 0 aliphatic carbocycles. The van der Waals surface area contributed by atoms with Crippen LogP contribution in [0.25, 0.3) is 11.6 Å². The molecule has 0 amide bonds. The van der Waals surface area contributed by atoms with Crippen LogP contribution in [0.2, 0.25) is 0 Å². The second kappa shape index (κ2) is 4.89. The lowest BCUT2D eigenvalue weighted by atomic mass is 9.94. The zero-order valence-electron chi connectivity index (χ0n) is 11.0. The zero-order chi connectivity index (χ0) is 13.5. The third-order valence-corrected chi connectivity index (χ3v) is 4.59. The second-order valence-corrected chi connectivity index (χ2v) is 6.24. The van der Waals surface area contributed by atoms with Crippen LogP contribution in [0.1, 0.15) is 12.8 Å². The Labute approximate surface area is 125 Å². The molecule has 0 radical (unpaired) electrons. The highest BCUT2D eigenvalue weighted by atomic mass is 79.9. The van der Waals surface area contributed by atoms with Gasteiger partial charge in [-0.15, -0.1) is 5.10 Å². The molecule has 0 bridgehead atoms. The van der Waals surface area contributed by atoms with Crippen molar-refractivity contribution in [2.75, 3.05) is 24.5 Å². The predicted molar refractivity (Wildman–Crippen MR) is 78.5 cm³/mol. The van der Waals surface area contributed by atoms with Crippen molar-refractivity contribution in [2.45, 2.75) is 18.9 Å². The minimum Gasteiger partial charge on any atom is -0.446 e. The van der Waals surface area contributed by atoms with Crippen molar-refractivity contribution >= 4 is 21.9 Å². The first-order chi connectivity index (χ1) is 9.79. The number of fused-ring (bicyclic) bond motifs is 1. The van der Waals surface area contributed by atoms with E-state index >= 15 is 0 Å². The van der Waals surface area contributed by atoms with Crippen molar-refractivity contribution < 1.29 is 4.42 Å². The molecule has 2 aromatic heterocycles. The van der Waals surface area contributed by atoms with Crippen molar-refractivity contribution in [3.05, 3.63) is 16.8 Å². The fourth-order valence-corrected chi connectivity index (χ4v) is 3.46. The molecule has 6 nitrogen and oxygen atoms in total. The second-order valence-electron chi connectivity index (χ2n) is 5.46. The summed E-state index contributed by atoms with van der Waals surface area (Å²) in [6.45, 7) is 3.16. The number of rotatable bonds is 2. The molecule has 20 heavy (non-hydrogen) atoms. The van der Waals surface area contributed by atoms with Gasteiger partial charge in [-0.25, -0.2) is 0 Å². The number of H-pyrrole nitrogens is 1. The average Bonchev–Trinajstić information content (AvgIpc) is 3.16. The van der Waals surface area contributed by atoms with E-state index in [2.05, 4.69) is 41.3 Å². The molecule has 0 aromatic carbocycles. The van der Waals surface area contributed by atoms with Gasteiger partial charge < -0.3 is 14.6 Å². The highest BCUT2D eigenvalue weighted by Gasteiger charge is 2.35. The Hall–Kier alpha value is -1.34. The highest BCUT2D eigenvalue weighted by molar-refractivity contribution is 9.10. The van der Waals surface area contributed by atoms with Crippen LogP contribution >= 0.6 is 15.9 Å². The van der Waals surface area contributed by atoms with Crippen LogP contribution in [0.3, 0.4) is 0 Å². The lowest BCUT2D eigenvalue weighted by molar-refractivity contribution is 0.340. The monoisotopic (exact) mass is 337 g/mol. The average molecular weight is 338 g/mol. The number of furan rings is 1. The van der Waals surface area contributed by atoms with Crippen LogP contribution in [-0.4, -0.2) is 40.9 Å². The maximum Gasteiger partial charge on any atom is 0.245 e. The Morgan fingerprint density at radius 1 is 1.35 bits per heavy atom. The normalized spacial score (nSPS) is 25.9. The van der Waals surface area contributed by atoms with E-state index in [1.54, 1.807) is 0 Å². The van der Waals surface area contributed by atoms with Crippen molar-refractivity contribution in [1.29, 1.82) is 0 Å². The molecule has 2 fully saturated rings. The maximum atomic E-state index is 5.49. The smallest absolute Gasteiger partial charge is 0.245 e. The summed E-state index contributed by atoms with van der Waals surface area (Å²) in [4.78, 5) is 6.81. The Kier molecular flexibility index (Phi) is 3.03. The van der Waals surface area contributed by atoms with E-state index in [9.17, 15) is 0 Å². The molecule has 0 saturated carbocycles. The van der Waals surface area contributed by atoms with Gasteiger partial charge in [0.2, 0.25) is 5.95 Å². The van der Waals surface area contributed by atoms with Crippen LogP contribution in [0, 0.1) is 5.92 Å². The van der Waals surface area contributed by atoms with Gasteiger partial charge in [-0.3, -0.25) is 5.10 Å². The van der Waals surface area contributed by atoms with E-state index in [1.807, 2.05) is 12.1 Å². The van der Waals surface area contributed by atoms with Gasteiger partial charge in [0.15, 0.2) is 16.3 Å². The van der Waals surface area contributed by atoms with Crippen molar-refractivity contribution in [1.82, 2.24) is 20.5 Å². The van der Waals surface area contributed by atoms with E-state index in [-0.39, 0.29) is 0 Å². The van der Waals surface area contributed by atoms with Crippen LogP contribution < -0.4 is 10.2 Å². The van der Waals surface area contributed by atoms with E-state index in [4.69, 9.17) is 4.42 Å². The number of anilines is 1. The first kappa shape index (κ1) is 12.4. The Morgan fingerprint density at radius 2 is 2.30 bits per heavy atom. The molecule has 0 spiro atoms. The summed E-state index contributed by atoms with van der Waals surface area (Å²) >= 11 is 3.30. The fraction of sp³-hybridized carbons (Fsp3) is 0.538. The number of nitrogens with one attached hydrogen (secondary N) is 2. The third-order valence-electron chi connectivity index (χ3n) is 4.16. The lowest BCUT2D eigenvalue weighted by Gasteiger charge is -2.24. The Balaban J connectivity index is 1.54. The van der Waals surface area contributed by atoms with E-state index in [0.29, 0.717) is 22.3 Å². The van der Waals surface area contributed by atoms with Crippen LogP contribution in [0.5, 0.6) is 0 Å². The molecular formula is C13H16BrN5O. The molecule has 7 heteroatoms. The quantitative estimate of drug-likeness (QED) is 0.877. The number of hydrogen-bond acceptors (Lipinski definition) is 5. The highest BCUT2D eigenvalue weighted by Crippen LogP contribution is 2.29. The fourth-order valence-electron chi connectivity index (χ4n) is 3.16. The topological polar surface area (TPSA) is 70.0 Å². The van der Waals surface area contributed by atoms with Gasteiger partial charge in [-0.1, -0.05) is 0 Å². The standard InChI is InChI=1S/C13H16BrN5O/c14-11-4-3-10(20-11)12-16-13(18-17-12)19-6-8-2-1-5-15-9(8)7-19/h3-4,8-9,15H,1-2,5-7H2,(H,16,17,18). The van der Waals surface area contributed by atoms with Gasteiger partial charge in [0.25, 0.3) is 0 Å². The van der Waals surface area contributed by atoms with Gasteiger partial charge in [0, 0.05) is 19.1 Å². The third kappa shape index (κ3) is 2.14. The number of halogens is 1. The summed E-state index contributed by atoms with van der Waals surface area (Å²) in [6.07, 6.45) is 2.57. The van der Waals surface area contributed by atoms with Gasteiger partial charge in [-0.2, -0.15) is 4.98 Å². The van der Waals surface area contributed by atoms with Crippen LogP contribution in [0.4, 0.5) is 5.95 Å². The summed E-state index contributed by atoms with van der Waals surface area (Å²) in [5.74, 6) is 2.87. The predicted octanol–water partition coefficient (Wildman–Crippen LogP) is 2.02. The number of nitrogens with zero attached hydrogens (tertiary/aromatic N) is 3. The van der Waals surface area contributed by atoms with Gasteiger partial charge >= 0.3 is 0 Å². The Bertz CT molecular complexity index is 595. The summed E-state index contributed by atoms with van der Waals surface area (Å²) < 4.78 is 6.19. The van der Waals surface area contributed by atoms with Gasteiger partial charge in [0.05, 0.1) is 0 Å². The van der Waals surface area contributed by atoms with Crippen LogP contribution in [-0.2, 0) is 0 Å². The van der Waals surface area contributed by atoms with E-state index in [1.165, 1.54) is 12.8 Å². The van der Waals surface area contributed by atoms with Crippen molar-refractivity contribution in [3.8, 4) is 11.6 Å². The minimum absolute atomic E-state index is 0.587. The summed E-state index contributed by atoms with van der Waals surface area (Å²) in [7, 11) is 0. The maximum absolute atomic E-state index is 5.49. The number of hydrogen-bond donors (Lipinski definition) is 2. The molecule has 2 unspecified atom stereocenters. The molecule has 4 heterocycles. The lowest BCUT2D eigenvalue weighted by Crippen LogP contribution is -2.40. The molecule has 2 aliphatic rings. The summed E-state index contributed by atoms with van der Waals surface area (Å²) in [5, 5.41) is 10.9. The van der Waals surface area contributed by atoms with Gasteiger partial charge in [0.1, 0.15) is 0 Å². The molecular weight excluding hydrogens is 322 g/mol. The molecule has 2 aliphatic heterocycles. The first-order valence-electron chi connectivity index (χ1n) is 6.96. The van der Waals surface area contributed by atoms with Crippen LogP contribution in [0.15, 0.2) is 21.2 Å². The van der Waals surface area contributed by atoms with E-state index < -0.39 is 0 Å².